The van der Waals surface area contributed by atoms with Crippen molar-refractivity contribution in [2.24, 2.45) is 16.7 Å². The molecule has 2 heterocycles. The number of piperidine rings is 2. The van der Waals surface area contributed by atoms with Crippen molar-refractivity contribution >= 4 is 6.09 Å². The van der Waals surface area contributed by atoms with Gasteiger partial charge in [0, 0.05) is 18.5 Å². The van der Waals surface area contributed by atoms with Crippen LogP contribution in [0.5, 0.6) is 0 Å². The Balaban J connectivity index is 1.73. The molecule has 120 valence electrons. The lowest BCUT2D eigenvalue weighted by Gasteiger charge is -2.65. The lowest BCUT2D eigenvalue weighted by Crippen LogP contribution is -2.67. The Labute approximate surface area is 127 Å². The highest BCUT2D eigenvalue weighted by Crippen LogP contribution is 2.64. The normalized spacial score (nSPS) is 36.5. The fourth-order valence-corrected chi connectivity index (χ4v) is 5.08. The fraction of sp³-hybridized carbons (Fsp3) is 0.941. The largest absolute Gasteiger partial charge is 0.444 e. The molecule has 4 heteroatoms. The number of hydrogen-bond donors (Lipinski definition) is 1. The van der Waals surface area contributed by atoms with E-state index in [2.05, 4.69) is 0 Å². The lowest BCUT2D eigenvalue weighted by molar-refractivity contribution is -0.176. The third-order valence-electron chi connectivity index (χ3n) is 5.69. The average Bonchev–Trinajstić information content (AvgIpc) is 2.89. The van der Waals surface area contributed by atoms with Crippen molar-refractivity contribution in [2.75, 3.05) is 19.7 Å². The summed E-state index contributed by atoms with van der Waals surface area (Å²) in [6.45, 7) is 7.40. The van der Waals surface area contributed by atoms with Gasteiger partial charge in [0.05, 0.1) is 6.61 Å². The third kappa shape index (κ3) is 2.67. The van der Waals surface area contributed by atoms with Gasteiger partial charge in [-0.3, -0.25) is 0 Å². The molecule has 1 N–H and O–H groups in total. The molecule has 1 amide bonds. The molecule has 0 radical (unpaired) electrons. The van der Waals surface area contributed by atoms with E-state index in [-0.39, 0.29) is 23.5 Å². The molecular formula is C17H29NO3. The predicted molar refractivity (Wildman–Crippen MR) is 81.0 cm³/mol. The molecule has 0 aromatic carbocycles. The minimum Gasteiger partial charge on any atom is -0.444 e. The number of carbonyl (C=O) groups excluding carboxylic acids is 1. The molecule has 0 spiro atoms. The molecule has 0 aromatic rings. The van der Waals surface area contributed by atoms with E-state index in [0.717, 1.165) is 25.3 Å². The average molecular weight is 295 g/mol. The Morgan fingerprint density at radius 1 is 1.24 bits per heavy atom. The van der Waals surface area contributed by atoms with Crippen molar-refractivity contribution in [1.29, 1.82) is 0 Å². The minimum absolute atomic E-state index is 0.0578. The summed E-state index contributed by atoms with van der Waals surface area (Å²) in [7, 11) is 0. The van der Waals surface area contributed by atoms with Crippen molar-refractivity contribution in [3.63, 3.8) is 0 Å². The molecule has 2 bridgehead atoms. The van der Waals surface area contributed by atoms with Crippen LogP contribution in [-0.2, 0) is 4.74 Å². The molecule has 4 rings (SSSR count). The number of aliphatic hydroxyl groups is 1. The van der Waals surface area contributed by atoms with Crippen LogP contribution < -0.4 is 0 Å². The summed E-state index contributed by atoms with van der Waals surface area (Å²) in [5, 5.41) is 9.80. The zero-order valence-electron chi connectivity index (χ0n) is 13.7. The summed E-state index contributed by atoms with van der Waals surface area (Å²) in [6.07, 6.45) is 7.23. The van der Waals surface area contributed by atoms with Gasteiger partial charge in [-0.15, -0.1) is 0 Å². The van der Waals surface area contributed by atoms with Crippen LogP contribution in [0.15, 0.2) is 0 Å². The maximum Gasteiger partial charge on any atom is 0.410 e. The second-order valence-corrected chi connectivity index (χ2v) is 8.69. The molecule has 21 heavy (non-hydrogen) atoms. The van der Waals surface area contributed by atoms with Crippen molar-refractivity contribution in [3.05, 3.63) is 0 Å². The molecule has 2 aliphatic heterocycles. The summed E-state index contributed by atoms with van der Waals surface area (Å²) in [5.74, 6) is 0.738. The van der Waals surface area contributed by atoms with Crippen LogP contribution in [0, 0.1) is 16.7 Å². The molecule has 4 nitrogen and oxygen atoms in total. The van der Waals surface area contributed by atoms with Crippen molar-refractivity contribution in [1.82, 2.24) is 4.90 Å². The van der Waals surface area contributed by atoms with Crippen LogP contribution in [0.25, 0.3) is 0 Å². The molecule has 4 aliphatic rings. The van der Waals surface area contributed by atoms with Crippen LogP contribution in [-0.4, -0.2) is 41.4 Å². The van der Waals surface area contributed by atoms with Gasteiger partial charge in [0.1, 0.15) is 5.60 Å². The highest BCUT2D eigenvalue weighted by molar-refractivity contribution is 5.68. The number of aliphatic hydroxyl groups excluding tert-OH is 1. The van der Waals surface area contributed by atoms with Crippen molar-refractivity contribution < 1.29 is 14.6 Å². The van der Waals surface area contributed by atoms with Gasteiger partial charge in [-0.05, 0) is 57.8 Å². The van der Waals surface area contributed by atoms with E-state index in [1.165, 1.54) is 25.7 Å². The first-order valence-corrected chi connectivity index (χ1v) is 8.36. The molecular weight excluding hydrogens is 266 g/mol. The van der Waals surface area contributed by atoms with Crippen LogP contribution in [0.4, 0.5) is 4.79 Å². The van der Waals surface area contributed by atoms with Crippen molar-refractivity contribution in [3.8, 4) is 0 Å². The molecule has 4 fully saturated rings. The van der Waals surface area contributed by atoms with Gasteiger partial charge in [-0.25, -0.2) is 4.79 Å². The quantitative estimate of drug-likeness (QED) is 0.851. The molecule has 2 saturated carbocycles. The van der Waals surface area contributed by atoms with Gasteiger partial charge in [0.15, 0.2) is 0 Å². The number of fused-ring (bicyclic) bond motifs is 2. The number of carbonyl (C=O) groups is 1. The first kappa shape index (κ1) is 15.1. The van der Waals surface area contributed by atoms with E-state index in [1.54, 1.807) is 0 Å². The fourth-order valence-electron chi connectivity index (χ4n) is 5.08. The molecule has 0 aromatic heterocycles. The maximum atomic E-state index is 12.4. The number of amides is 1. The summed E-state index contributed by atoms with van der Waals surface area (Å²) < 4.78 is 5.55. The summed E-state index contributed by atoms with van der Waals surface area (Å²) in [5.41, 5.74) is -0.252. The molecule has 2 aliphatic carbocycles. The van der Waals surface area contributed by atoms with E-state index >= 15 is 0 Å². The molecule has 2 saturated heterocycles. The van der Waals surface area contributed by atoms with E-state index in [4.69, 9.17) is 4.74 Å². The van der Waals surface area contributed by atoms with E-state index < -0.39 is 5.60 Å². The Bertz CT molecular complexity index is 414. The zero-order chi connectivity index (χ0) is 15.3. The highest BCUT2D eigenvalue weighted by Gasteiger charge is 2.63. The second-order valence-electron chi connectivity index (χ2n) is 8.69. The maximum absolute atomic E-state index is 12.4. The van der Waals surface area contributed by atoms with Crippen LogP contribution in [0.3, 0.4) is 0 Å². The SMILES string of the molecule is CC(C)(C)OC(=O)N1CC2(CO)CC(C3CCCC3)(C1)C2. The summed E-state index contributed by atoms with van der Waals surface area (Å²) in [4.78, 5) is 14.3. The molecule has 0 unspecified atom stereocenters. The number of hydrogen-bond acceptors (Lipinski definition) is 3. The standard InChI is InChI=1S/C17H29NO3/c1-15(2,3)21-14(20)18-10-16(12-19)8-17(9-16,11-18)13-6-4-5-7-13/h13,19H,4-12H2,1-3H3. The van der Waals surface area contributed by atoms with Crippen LogP contribution in [0.2, 0.25) is 0 Å². The van der Waals surface area contributed by atoms with E-state index in [0.29, 0.717) is 6.54 Å². The Morgan fingerprint density at radius 3 is 2.38 bits per heavy atom. The Hall–Kier alpha value is -0.770. The molecule has 0 atom stereocenters. The highest BCUT2D eigenvalue weighted by atomic mass is 16.6. The summed E-state index contributed by atoms with van der Waals surface area (Å²) in [6, 6.07) is 0. The number of ether oxygens (including phenoxy) is 1. The Morgan fingerprint density at radius 2 is 1.86 bits per heavy atom. The number of nitrogens with zero attached hydrogens (tertiary/aromatic N) is 1. The van der Waals surface area contributed by atoms with Gasteiger partial charge in [-0.2, -0.15) is 0 Å². The topological polar surface area (TPSA) is 49.8 Å². The summed E-state index contributed by atoms with van der Waals surface area (Å²) >= 11 is 0. The zero-order valence-corrected chi connectivity index (χ0v) is 13.7. The predicted octanol–water partition coefficient (Wildman–Crippen LogP) is 3.19. The smallest absolute Gasteiger partial charge is 0.410 e. The third-order valence-corrected chi connectivity index (χ3v) is 5.69. The Kier molecular flexibility index (Phi) is 3.51. The first-order chi connectivity index (χ1) is 9.78. The van der Waals surface area contributed by atoms with E-state index in [9.17, 15) is 9.90 Å². The minimum atomic E-state index is -0.453. The van der Waals surface area contributed by atoms with Gasteiger partial charge >= 0.3 is 6.09 Å². The van der Waals surface area contributed by atoms with Gasteiger partial charge in [-0.1, -0.05) is 12.8 Å². The number of rotatable bonds is 2. The van der Waals surface area contributed by atoms with Gasteiger partial charge < -0.3 is 14.7 Å². The van der Waals surface area contributed by atoms with Gasteiger partial charge in [0.2, 0.25) is 0 Å². The van der Waals surface area contributed by atoms with Crippen LogP contribution in [0.1, 0.15) is 59.3 Å². The van der Waals surface area contributed by atoms with E-state index in [1.807, 2.05) is 25.7 Å². The lowest BCUT2D eigenvalue weighted by atomic mass is 9.46. The first-order valence-electron chi connectivity index (χ1n) is 8.36. The van der Waals surface area contributed by atoms with Crippen LogP contribution >= 0.6 is 0 Å². The van der Waals surface area contributed by atoms with Crippen molar-refractivity contribution in [2.45, 2.75) is 64.9 Å². The van der Waals surface area contributed by atoms with Gasteiger partial charge in [0.25, 0.3) is 0 Å². The second kappa shape index (κ2) is 4.87. The monoisotopic (exact) mass is 295 g/mol.